The minimum atomic E-state index is -1.13. The molecule has 1 saturated heterocycles. The monoisotopic (exact) mass is 470 g/mol. The molecule has 2 bridgehead atoms. The van der Waals surface area contributed by atoms with Crippen LogP contribution in [0.1, 0.15) is 66.5 Å². The molecule has 2 amide bonds. The molecule has 4 atom stereocenters. The van der Waals surface area contributed by atoms with Crippen LogP contribution in [0.25, 0.3) is 0 Å². The summed E-state index contributed by atoms with van der Waals surface area (Å²) in [5, 5.41) is 0. The third-order valence-corrected chi connectivity index (χ3v) is 9.70. The van der Waals surface area contributed by atoms with Crippen molar-refractivity contribution in [2.45, 2.75) is 80.3 Å². The van der Waals surface area contributed by atoms with Gasteiger partial charge in [0.1, 0.15) is 11.1 Å². The first-order valence-electron chi connectivity index (χ1n) is 13.3. The Morgan fingerprint density at radius 3 is 1.34 bits per heavy atom. The smallest absolute Gasteiger partial charge is 0.244 e. The summed E-state index contributed by atoms with van der Waals surface area (Å²) in [4.78, 5) is 33.2. The van der Waals surface area contributed by atoms with Crippen molar-refractivity contribution in [1.82, 2.24) is 0 Å². The van der Waals surface area contributed by atoms with Crippen molar-refractivity contribution in [2.75, 3.05) is 9.80 Å². The lowest BCUT2D eigenvalue weighted by Crippen LogP contribution is -2.71. The third-order valence-electron chi connectivity index (χ3n) is 9.70. The average Bonchev–Trinajstić information content (AvgIpc) is 3.04. The first-order valence-corrected chi connectivity index (χ1v) is 13.3. The van der Waals surface area contributed by atoms with Crippen molar-refractivity contribution >= 4 is 23.2 Å². The number of anilines is 2. The van der Waals surface area contributed by atoms with Crippen molar-refractivity contribution in [3.05, 3.63) is 57.6 Å². The molecule has 1 spiro atoms. The maximum absolute atomic E-state index is 14.4. The minimum absolute atomic E-state index is 0.0370. The van der Waals surface area contributed by atoms with Crippen LogP contribution in [0.5, 0.6) is 0 Å². The highest BCUT2D eigenvalue weighted by Gasteiger charge is 2.84. The number of benzene rings is 2. The fourth-order valence-corrected chi connectivity index (χ4v) is 8.68. The van der Waals surface area contributed by atoms with Gasteiger partial charge in [-0.2, -0.15) is 0 Å². The molecule has 6 rings (SSSR count). The Bertz CT molecular complexity index is 1160. The van der Waals surface area contributed by atoms with E-state index in [4.69, 9.17) is 0 Å². The van der Waals surface area contributed by atoms with Gasteiger partial charge in [0.15, 0.2) is 0 Å². The molecule has 2 aromatic rings. The molecule has 4 nitrogen and oxygen atoms in total. The first kappa shape index (κ1) is 22.8. The number of amides is 2. The highest BCUT2D eigenvalue weighted by atomic mass is 16.2. The van der Waals surface area contributed by atoms with Crippen molar-refractivity contribution < 1.29 is 9.59 Å². The largest absolute Gasteiger partial charge is 0.286 e. The second-order valence-corrected chi connectivity index (χ2v) is 12.6. The van der Waals surface area contributed by atoms with Crippen LogP contribution in [-0.4, -0.2) is 17.5 Å². The standard InChI is InChI=1S/C31H38N2O2/c1-16-11-18(3)26(19(4)12-16)32-28(34)30(7,8)29(35)33(27-20(5)13-17(2)14-21(27)6)31(32)24-22-9-10-23(15-22)25(24)31/h11-14,22-25H,9-10,15H2,1-8H3/t22-,23+,24+,25-. The quantitative estimate of drug-likeness (QED) is 0.482. The summed E-state index contributed by atoms with van der Waals surface area (Å²) < 4.78 is 0. The summed E-state index contributed by atoms with van der Waals surface area (Å²) in [5.41, 5.74) is 7.20. The number of hydrogen-bond donors (Lipinski definition) is 0. The molecule has 4 aliphatic rings. The topological polar surface area (TPSA) is 40.6 Å². The lowest BCUT2D eigenvalue weighted by molar-refractivity contribution is -0.142. The zero-order valence-corrected chi connectivity index (χ0v) is 22.5. The second-order valence-electron chi connectivity index (χ2n) is 12.6. The fourth-order valence-electron chi connectivity index (χ4n) is 8.68. The Hall–Kier alpha value is -2.62. The highest BCUT2D eigenvalue weighted by molar-refractivity contribution is 6.22. The van der Waals surface area contributed by atoms with E-state index in [1.165, 1.54) is 30.4 Å². The molecule has 4 fully saturated rings. The Morgan fingerprint density at radius 1 is 0.657 bits per heavy atom. The number of carbonyl (C=O) groups is 2. The van der Waals surface area contributed by atoms with Crippen LogP contribution in [0.4, 0.5) is 11.4 Å². The Balaban J connectivity index is 1.67. The maximum Gasteiger partial charge on any atom is 0.244 e. The SMILES string of the molecule is Cc1cc(C)c(N2C(=O)C(C)(C)C(=O)N(c3c(C)cc(C)cc3C)C23[C@@H]2[C@H]4CC[C@H](C4)[C@@H]23)c(C)c1. The van der Waals surface area contributed by atoms with Gasteiger partial charge in [0.05, 0.1) is 11.4 Å². The van der Waals surface area contributed by atoms with Gasteiger partial charge < -0.3 is 0 Å². The van der Waals surface area contributed by atoms with Crippen molar-refractivity contribution in [3.63, 3.8) is 0 Å². The van der Waals surface area contributed by atoms with Gasteiger partial charge >= 0.3 is 0 Å². The Labute approximate surface area is 209 Å². The zero-order valence-electron chi connectivity index (χ0n) is 22.5. The number of rotatable bonds is 2. The van der Waals surface area contributed by atoms with Gasteiger partial charge in [-0.05, 0) is 109 Å². The van der Waals surface area contributed by atoms with Crippen molar-refractivity contribution in [3.8, 4) is 0 Å². The number of carbonyl (C=O) groups excluding carboxylic acids is 2. The molecular weight excluding hydrogens is 432 g/mol. The van der Waals surface area contributed by atoms with E-state index in [2.05, 4.69) is 75.6 Å². The lowest BCUT2D eigenvalue weighted by Gasteiger charge is -2.53. The predicted octanol–water partition coefficient (Wildman–Crippen LogP) is 6.32. The van der Waals surface area contributed by atoms with Crippen LogP contribution < -0.4 is 9.80 Å². The summed E-state index contributed by atoms with van der Waals surface area (Å²) in [5.74, 6) is 1.81. The second kappa shape index (κ2) is 6.99. The zero-order chi connectivity index (χ0) is 25.2. The van der Waals surface area contributed by atoms with Crippen LogP contribution in [0.15, 0.2) is 24.3 Å². The molecule has 184 valence electrons. The molecule has 0 radical (unpaired) electrons. The molecule has 4 heteroatoms. The normalized spacial score (nSPS) is 29.8. The molecule has 0 aromatic heterocycles. The summed E-state index contributed by atoms with van der Waals surface area (Å²) in [6, 6.07) is 8.75. The number of hydrogen-bond acceptors (Lipinski definition) is 2. The summed E-state index contributed by atoms with van der Waals surface area (Å²) >= 11 is 0. The van der Waals surface area contributed by atoms with Crippen LogP contribution in [-0.2, 0) is 9.59 Å². The van der Waals surface area contributed by atoms with Gasteiger partial charge in [-0.15, -0.1) is 0 Å². The molecule has 35 heavy (non-hydrogen) atoms. The Morgan fingerprint density at radius 2 is 1.00 bits per heavy atom. The van der Waals surface area contributed by atoms with E-state index in [9.17, 15) is 9.59 Å². The minimum Gasteiger partial charge on any atom is -0.286 e. The summed E-state index contributed by atoms with van der Waals surface area (Å²) in [7, 11) is 0. The predicted molar refractivity (Wildman–Crippen MR) is 141 cm³/mol. The number of nitrogens with zero attached hydrogens (tertiary/aromatic N) is 2. The van der Waals surface area contributed by atoms with Gasteiger partial charge in [-0.3, -0.25) is 19.4 Å². The molecule has 3 aliphatic carbocycles. The summed E-state index contributed by atoms with van der Waals surface area (Å²) in [6.07, 6.45) is 3.69. The van der Waals surface area contributed by atoms with E-state index >= 15 is 0 Å². The molecule has 1 aliphatic heterocycles. The van der Waals surface area contributed by atoms with Gasteiger partial charge in [0, 0.05) is 11.8 Å². The van der Waals surface area contributed by atoms with E-state index in [0.717, 1.165) is 33.6 Å². The number of aryl methyl sites for hydroxylation is 6. The first-order chi connectivity index (χ1) is 16.4. The molecule has 0 N–H and O–H groups in total. The van der Waals surface area contributed by atoms with Crippen LogP contribution in [0.3, 0.4) is 0 Å². The lowest BCUT2D eigenvalue weighted by atomic mass is 9.81. The van der Waals surface area contributed by atoms with Crippen molar-refractivity contribution in [1.29, 1.82) is 0 Å². The van der Waals surface area contributed by atoms with Gasteiger partial charge in [-0.25, -0.2) is 0 Å². The Kier molecular flexibility index (Phi) is 4.56. The summed E-state index contributed by atoms with van der Waals surface area (Å²) in [6.45, 7) is 16.4. The maximum atomic E-state index is 14.4. The van der Waals surface area contributed by atoms with E-state index in [1.807, 2.05) is 13.8 Å². The average molecular weight is 471 g/mol. The van der Waals surface area contributed by atoms with E-state index in [-0.39, 0.29) is 11.8 Å². The molecular formula is C31H38N2O2. The molecule has 1 heterocycles. The van der Waals surface area contributed by atoms with Crippen LogP contribution >= 0.6 is 0 Å². The highest BCUT2D eigenvalue weighted by Crippen LogP contribution is 2.76. The van der Waals surface area contributed by atoms with E-state index in [1.54, 1.807) is 0 Å². The van der Waals surface area contributed by atoms with Gasteiger partial charge in [0.25, 0.3) is 0 Å². The van der Waals surface area contributed by atoms with Gasteiger partial charge in [-0.1, -0.05) is 35.4 Å². The van der Waals surface area contributed by atoms with E-state index < -0.39 is 11.1 Å². The van der Waals surface area contributed by atoms with Crippen molar-refractivity contribution in [2.24, 2.45) is 29.1 Å². The fraction of sp³-hybridized carbons (Fsp3) is 0.548. The van der Waals surface area contributed by atoms with Crippen LogP contribution in [0, 0.1) is 70.6 Å². The van der Waals surface area contributed by atoms with Crippen LogP contribution in [0.2, 0.25) is 0 Å². The third kappa shape index (κ3) is 2.69. The van der Waals surface area contributed by atoms with Gasteiger partial charge in [0.2, 0.25) is 11.8 Å². The number of fused-ring (bicyclic) bond motifs is 7. The van der Waals surface area contributed by atoms with E-state index in [0.29, 0.717) is 23.7 Å². The molecule has 2 aromatic carbocycles. The molecule has 0 unspecified atom stereocenters. The molecule has 3 saturated carbocycles.